The van der Waals surface area contributed by atoms with E-state index >= 15 is 0 Å². The first-order valence-electron chi connectivity index (χ1n) is 17.5. The Kier molecular flexibility index (Phi) is 7.17. The Morgan fingerprint density at radius 3 is 1.46 bits per heavy atom. The van der Waals surface area contributed by atoms with Crippen molar-refractivity contribution in [2.45, 2.75) is 12.3 Å². The third-order valence-corrected chi connectivity index (χ3v) is 9.95. The van der Waals surface area contributed by atoms with Crippen LogP contribution in [0, 0.1) is 0 Å². The molecule has 52 heavy (non-hydrogen) atoms. The summed E-state index contributed by atoms with van der Waals surface area (Å²) < 4.78 is 14.6. The van der Waals surface area contributed by atoms with Crippen molar-refractivity contribution in [2.24, 2.45) is 0 Å². The van der Waals surface area contributed by atoms with Crippen molar-refractivity contribution >= 4 is 17.1 Å². The zero-order valence-corrected chi connectivity index (χ0v) is 28.1. The molecule has 8 aromatic rings. The fourth-order valence-corrected chi connectivity index (χ4v) is 7.48. The van der Waals surface area contributed by atoms with Gasteiger partial charge in [-0.05, 0) is 84.8 Å². The molecular formula is C46H32N4O2. The van der Waals surface area contributed by atoms with Gasteiger partial charge in [0.1, 0.15) is 11.5 Å². The Morgan fingerprint density at radius 1 is 0.423 bits per heavy atom. The summed E-state index contributed by atoms with van der Waals surface area (Å²) in [6.45, 7) is 0. The van der Waals surface area contributed by atoms with Gasteiger partial charge in [-0.3, -0.25) is 4.57 Å². The second kappa shape index (κ2) is 12.4. The van der Waals surface area contributed by atoms with Gasteiger partial charge >= 0.3 is 0 Å². The minimum absolute atomic E-state index is 0.203. The maximum absolute atomic E-state index is 6.26. The fraction of sp³-hybridized carbons (Fsp3) is 0.0435. The lowest BCUT2D eigenvalue weighted by Crippen LogP contribution is -2.15. The highest BCUT2D eigenvalue weighted by molar-refractivity contribution is 5.86. The molecule has 0 bridgehead atoms. The molecule has 2 aliphatic rings. The molecule has 0 amide bonds. The Balaban J connectivity index is 0.995. The second-order valence-electron chi connectivity index (χ2n) is 13.1. The van der Waals surface area contributed by atoms with Crippen LogP contribution >= 0.6 is 0 Å². The van der Waals surface area contributed by atoms with Gasteiger partial charge < -0.3 is 14.4 Å². The summed E-state index contributed by atoms with van der Waals surface area (Å²) in [5.74, 6) is 5.27. The first kappa shape index (κ1) is 29.9. The number of hydrogen-bond acceptors (Lipinski definition) is 5. The summed E-state index contributed by atoms with van der Waals surface area (Å²) in [5.41, 5.74) is 9.66. The van der Waals surface area contributed by atoms with Crippen LogP contribution in [0.5, 0.6) is 23.0 Å². The predicted molar refractivity (Wildman–Crippen MR) is 205 cm³/mol. The molecule has 6 heteroatoms. The van der Waals surface area contributed by atoms with Gasteiger partial charge in [-0.25, -0.2) is 0 Å². The van der Waals surface area contributed by atoms with E-state index in [9.17, 15) is 0 Å². The van der Waals surface area contributed by atoms with Gasteiger partial charge in [0.05, 0.1) is 11.4 Å². The third kappa shape index (κ3) is 5.12. The van der Waals surface area contributed by atoms with Gasteiger partial charge in [-0.2, -0.15) is 0 Å². The normalized spacial score (nSPS) is 12.9. The monoisotopic (exact) mass is 672 g/mol. The molecule has 0 fully saturated rings. The number of aromatic nitrogens is 3. The highest BCUT2D eigenvalue weighted by Gasteiger charge is 2.28. The third-order valence-electron chi connectivity index (χ3n) is 9.95. The number of fused-ring (bicyclic) bond motifs is 4. The van der Waals surface area contributed by atoms with Gasteiger partial charge in [0.25, 0.3) is 0 Å². The molecule has 7 aromatic carbocycles. The Labute approximate surface area is 301 Å². The molecule has 0 saturated carbocycles. The number of para-hydroxylation sites is 7. The van der Waals surface area contributed by atoms with Crippen molar-refractivity contribution in [2.75, 3.05) is 4.90 Å². The summed E-state index contributed by atoms with van der Waals surface area (Å²) >= 11 is 0. The number of anilines is 3. The molecule has 2 aliphatic heterocycles. The Bertz CT molecular complexity index is 2470. The van der Waals surface area contributed by atoms with E-state index in [1.807, 2.05) is 66.7 Å². The summed E-state index contributed by atoms with van der Waals surface area (Å²) in [4.78, 5) is 2.24. The summed E-state index contributed by atoms with van der Waals surface area (Å²) in [5, 5.41) is 9.57. The molecular weight excluding hydrogens is 641 g/mol. The number of rotatable bonds is 6. The molecule has 0 atom stereocenters. The van der Waals surface area contributed by atoms with E-state index in [0.717, 1.165) is 74.9 Å². The van der Waals surface area contributed by atoms with Crippen LogP contribution in [0.2, 0.25) is 0 Å². The van der Waals surface area contributed by atoms with Gasteiger partial charge in [0, 0.05) is 39.5 Å². The fourth-order valence-electron chi connectivity index (χ4n) is 7.48. The average Bonchev–Trinajstić information content (AvgIpc) is 3.66. The van der Waals surface area contributed by atoms with Crippen LogP contribution in [-0.4, -0.2) is 14.8 Å². The Hall–Kier alpha value is -6.92. The van der Waals surface area contributed by atoms with Crippen molar-refractivity contribution in [3.63, 3.8) is 0 Å². The lowest BCUT2D eigenvalue weighted by molar-refractivity contribution is 0.445. The van der Waals surface area contributed by atoms with E-state index in [-0.39, 0.29) is 5.92 Å². The van der Waals surface area contributed by atoms with E-state index in [4.69, 9.17) is 19.7 Å². The van der Waals surface area contributed by atoms with Crippen molar-refractivity contribution in [3.05, 3.63) is 193 Å². The number of nitrogens with zero attached hydrogens (tertiary/aromatic N) is 4. The largest absolute Gasteiger partial charge is 0.457 e. The van der Waals surface area contributed by atoms with Gasteiger partial charge in [-0.15, -0.1) is 10.2 Å². The quantitative estimate of drug-likeness (QED) is 0.176. The molecule has 10 rings (SSSR count). The number of ether oxygens (including phenoxy) is 2. The standard InChI is InChI=1S/C46H32N4O2/c1-2-12-34(13-3-1)50-45(32-24-22-31(23-25-32)30-38-36-14-4-8-18-41(36)51-42-19-9-5-15-37(38)42)47-48-46(50)33-26-28-35(29-27-33)49-39-16-6-10-20-43(39)52-44-21-11-7-17-40(44)49/h1-29,38H,30H2. The first-order valence-corrected chi connectivity index (χ1v) is 17.5. The Morgan fingerprint density at radius 2 is 0.885 bits per heavy atom. The molecule has 0 radical (unpaired) electrons. The highest BCUT2D eigenvalue weighted by Crippen LogP contribution is 2.50. The second-order valence-corrected chi connectivity index (χ2v) is 13.1. The van der Waals surface area contributed by atoms with E-state index in [1.165, 1.54) is 16.7 Å². The van der Waals surface area contributed by atoms with Crippen LogP contribution in [-0.2, 0) is 6.42 Å². The maximum Gasteiger partial charge on any atom is 0.168 e. The molecule has 1 aromatic heterocycles. The zero-order valence-electron chi connectivity index (χ0n) is 28.1. The lowest BCUT2D eigenvalue weighted by Gasteiger charge is -2.32. The minimum Gasteiger partial charge on any atom is -0.457 e. The van der Waals surface area contributed by atoms with Crippen LogP contribution in [0.25, 0.3) is 28.5 Å². The smallest absolute Gasteiger partial charge is 0.168 e. The highest BCUT2D eigenvalue weighted by atomic mass is 16.5. The molecule has 0 N–H and O–H groups in total. The summed E-state index contributed by atoms with van der Waals surface area (Å²) in [6, 6.07) is 60.6. The van der Waals surface area contributed by atoms with Crippen LogP contribution in [0.1, 0.15) is 22.6 Å². The van der Waals surface area contributed by atoms with Crippen LogP contribution < -0.4 is 14.4 Å². The lowest BCUT2D eigenvalue weighted by atomic mass is 9.83. The van der Waals surface area contributed by atoms with E-state index in [1.54, 1.807) is 0 Å². The summed E-state index contributed by atoms with van der Waals surface area (Å²) in [7, 11) is 0. The average molecular weight is 673 g/mol. The SMILES string of the molecule is c1ccc(-n2c(-c3ccc(CC4c5ccccc5Oc5ccccc54)cc3)nnc2-c2ccc(N3c4ccccc4Oc4ccccc43)cc2)cc1. The van der Waals surface area contributed by atoms with Crippen LogP contribution in [0.4, 0.5) is 17.1 Å². The van der Waals surface area contributed by atoms with E-state index < -0.39 is 0 Å². The van der Waals surface area contributed by atoms with E-state index in [2.05, 4.69) is 119 Å². The minimum atomic E-state index is 0.203. The number of hydrogen-bond donors (Lipinski definition) is 0. The summed E-state index contributed by atoms with van der Waals surface area (Å²) in [6.07, 6.45) is 0.860. The van der Waals surface area contributed by atoms with Crippen molar-refractivity contribution < 1.29 is 9.47 Å². The van der Waals surface area contributed by atoms with Gasteiger partial charge in [-0.1, -0.05) is 103 Å². The molecule has 6 nitrogen and oxygen atoms in total. The van der Waals surface area contributed by atoms with Crippen LogP contribution in [0.3, 0.4) is 0 Å². The van der Waals surface area contributed by atoms with Crippen molar-refractivity contribution in [1.29, 1.82) is 0 Å². The topological polar surface area (TPSA) is 52.4 Å². The first-order chi connectivity index (χ1) is 25.8. The maximum atomic E-state index is 6.26. The predicted octanol–water partition coefficient (Wildman–Crippen LogP) is 11.7. The molecule has 0 aliphatic carbocycles. The van der Waals surface area contributed by atoms with Gasteiger partial charge in [0.2, 0.25) is 0 Å². The number of benzene rings is 7. The van der Waals surface area contributed by atoms with E-state index in [0.29, 0.717) is 0 Å². The molecule has 3 heterocycles. The van der Waals surface area contributed by atoms with Gasteiger partial charge in [0.15, 0.2) is 23.1 Å². The molecule has 0 saturated heterocycles. The van der Waals surface area contributed by atoms with Crippen LogP contribution in [0.15, 0.2) is 176 Å². The molecule has 248 valence electrons. The zero-order chi connectivity index (χ0) is 34.4. The molecule has 0 unspecified atom stereocenters. The van der Waals surface area contributed by atoms with Crippen molar-refractivity contribution in [1.82, 2.24) is 14.8 Å². The van der Waals surface area contributed by atoms with Crippen molar-refractivity contribution in [3.8, 4) is 51.5 Å². The molecule has 0 spiro atoms.